The molecule has 1 aliphatic heterocycles. The number of carbonyl (C=O) groups excluding carboxylic acids is 1. The number of hydrogen-bond acceptors (Lipinski definition) is 11. The number of aliphatic hydroxyl groups is 4. The van der Waals surface area contributed by atoms with Gasteiger partial charge in [-0.3, -0.25) is 4.79 Å². The van der Waals surface area contributed by atoms with E-state index < -0.39 is 6.17 Å². The van der Waals surface area contributed by atoms with Gasteiger partial charge >= 0.3 is 0 Å². The molecule has 0 radical (unpaired) electrons. The summed E-state index contributed by atoms with van der Waals surface area (Å²) in [6, 6.07) is 23.4. The van der Waals surface area contributed by atoms with Crippen molar-refractivity contribution < 1.29 is 44.0 Å². The first kappa shape index (κ1) is 34.5. The lowest BCUT2D eigenvalue weighted by molar-refractivity contribution is 0.0935. The molecule has 1 aromatic heterocycles. The Labute approximate surface area is 288 Å². The van der Waals surface area contributed by atoms with Crippen molar-refractivity contribution in [1.29, 1.82) is 0 Å². The molecule has 0 bridgehead atoms. The van der Waals surface area contributed by atoms with Gasteiger partial charge in [0, 0.05) is 28.4 Å². The zero-order chi connectivity index (χ0) is 35.0. The van der Waals surface area contributed by atoms with Crippen LogP contribution in [0.3, 0.4) is 0 Å². The van der Waals surface area contributed by atoms with Gasteiger partial charge in [0.1, 0.15) is 17.6 Å². The Morgan fingerprint density at radius 2 is 1.42 bits per heavy atom. The number of aromatic nitrogens is 1. The van der Waals surface area contributed by atoms with E-state index in [1.807, 2.05) is 42.5 Å². The first-order chi connectivity index (χ1) is 24.5. The van der Waals surface area contributed by atoms with E-state index in [1.54, 1.807) is 43.5 Å². The molecule has 0 spiro atoms. The highest BCUT2D eigenvalue weighted by Crippen LogP contribution is 2.35. The summed E-state index contributed by atoms with van der Waals surface area (Å²) in [6.45, 7) is -0.289. The second-order valence-electron chi connectivity index (χ2n) is 11.7. The minimum atomic E-state index is -0.430. The summed E-state index contributed by atoms with van der Waals surface area (Å²) in [7, 11) is 1.57. The molecule has 1 atom stereocenters. The molecule has 12 heteroatoms. The predicted octanol–water partition coefficient (Wildman–Crippen LogP) is 5.08. The average molecular weight is 682 g/mol. The van der Waals surface area contributed by atoms with Crippen LogP contribution in [0.4, 0.5) is 5.69 Å². The number of carbonyl (C=O) groups is 1. The van der Waals surface area contributed by atoms with Gasteiger partial charge in [0.25, 0.3) is 5.91 Å². The summed E-state index contributed by atoms with van der Waals surface area (Å²) in [5, 5.41) is 49.8. The van der Waals surface area contributed by atoms with Crippen molar-refractivity contribution in [3.8, 4) is 39.8 Å². The Morgan fingerprint density at radius 3 is 2.12 bits per heavy atom. The minimum absolute atomic E-state index is 0.161. The maximum atomic E-state index is 12.6. The molecule has 6 rings (SSSR count). The number of fused-ring (bicyclic) bond motifs is 1. The number of nitrogens with zero attached hydrogens (tertiary/aromatic N) is 1. The van der Waals surface area contributed by atoms with Crippen molar-refractivity contribution in [3.63, 3.8) is 0 Å². The van der Waals surface area contributed by atoms with Gasteiger partial charge in [0.05, 0.1) is 52.3 Å². The number of rotatable bonds is 15. The van der Waals surface area contributed by atoms with Crippen molar-refractivity contribution in [3.05, 3.63) is 112 Å². The summed E-state index contributed by atoms with van der Waals surface area (Å²) in [5.74, 6) is 1.96. The van der Waals surface area contributed by atoms with Crippen molar-refractivity contribution in [2.45, 2.75) is 45.4 Å². The molecule has 12 nitrogen and oxygen atoms in total. The number of unbranched alkanes of at least 4 members (excludes halogenated alkanes) is 1. The normalized spacial score (nSPS) is 13.7. The third-order valence-corrected chi connectivity index (χ3v) is 8.58. The molecule has 0 aliphatic carbocycles. The molecular formula is C38H39N3O9. The maximum Gasteiger partial charge on any atom is 0.255 e. The van der Waals surface area contributed by atoms with E-state index >= 15 is 0 Å². The number of aliphatic hydroxyl groups excluding tert-OH is 4. The first-order valence-electron chi connectivity index (χ1n) is 16.2. The topological polar surface area (TPSA) is 176 Å². The zero-order valence-electron chi connectivity index (χ0n) is 27.5. The lowest BCUT2D eigenvalue weighted by atomic mass is 9.97. The highest BCUT2D eigenvalue weighted by atomic mass is 16.5. The SMILES string of the molecule is COc1ccc(-c2cc(-c3cc(CO)c(CO)c(CO)c3)on2)cc1OCCCCOc1ccc(C2NC(=O)c3ccccc3N2)cc1CO. The second-order valence-corrected chi connectivity index (χ2v) is 11.7. The standard InChI is InChI=1S/C38H39N3O9/c1-47-34-11-8-23(32-18-35(50-41-32)25-15-26(19-42)30(22-45)27(16-25)20-43)17-36(34)49-13-5-4-12-48-33-10-9-24(14-28(33)21-44)37-39-31-7-3-2-6-29(31)38(46)40-37/h2-3,6-11,14-18,37,39,42-45H,4-5,12-13,19-22H2,1H3,(H,40,46). The van der Waals surface area contributed by atoms with Gasteiger partial charge in [-0.15, -0.1) is 0 Å². The van der Waals surface area contributed by atoms with E-state index in [9.17, 15) is 25.2 Å². The van der Waals surface area contributed by atoms with Crippen molar-refractivity contribution in [2.75, 3.05) is 25.6 Å². The smallest absolute Gasteiger partial charge is 0.255 e. The van der Waals surface area contributed by atoms with E-state index in [1.165, 1.54) is 0 Å². The summed E-state index contributed by atoms with van der Waals surface area (Å²) in [4.78, 5) is 12.6. The number of methoxy groups -OCH3 is 1. The van der Waals surface area contributed by atoms with Crippen molar-refractivity contribution in [1.82, 2.24) is 10.5 Å². The van der Waals surface area contributed by atoms with Crippen molar-refractivity contribution in [2.24, 2.45) is 0 Å². The van der Waals surface area contributed by atoms with Gasteiger partial charge in [-0.2, -0.15) is 0 Å². The highest BCUT2D eigenvalue weighted by molar-refractivity contribution is 6.01. The van der Waals surface area contributed by atoms with Crippen LogP contribution in [-0.4, -0.2) is 51.8 Å². The van der Waals surface area contributed by atoms with Gasteiger partial charge in [0.2, 0.25) is 0 Å². The van der Waals surface area contributed by atoms with E-state index in [4.69, 9.17) is 18.7 Å². The van der Waals surface area contributed by atoms with Gasteiger partial charge < -0.3 is 49.8 Å². The van der Waals surface area contributed by atoms with Crippen LogP contribution in [-0.2, 0) is 26.4 Å². The van der Waals surface area contributed by atoms with Crippen LogP contribution in [0.15, 0.2) is 83.4 Å². The van der Waals surface area contributed by atoms with Crippen LogP contribution in [0.1, 0.15) is 57.2 Å². The summed E-state index contributed by atoms with van der Waals surface area (Å²) >= 11 is 0. The summed E-state index contributed by atoms with van der Waals surface area (Å²) in [6.07, 6.45) is 0.954. The average Bonchev–Trinajstić information content (AvgIpc) is 3.66. The number of amides is 1. The molecule has 0 fully saturated rings. The molecule has 6 N–H and O–H groups in total. The second kappa shape index (κ2) is 15.9. The number of anilines is 1. The Balaban J connectivity index is 1.04. The van der Waals surface area contributed by atoms with E-state index in [-0.39, 0.29) is 32.3 Å². The van der Waals surface area contributed by atoms with Crippen molar-refractivity contribution >= 4 is 11.6 Å². The lowest BCUT2D eigenvalue weighted by Crippen LogP contribution is -2.38. The molecule has 2 heterocycles. The minimum Gasteiger partial charge on any atom is -0.493 e. The number of nitrogens with one attached hydrogen (secondary N) is 2. The molecule has 0 saturated carbocycles. The number of benzene rings is 4. The van der Waals surface area contributed by atoms with Gasteiger partial charge in [-0.1, -0.05) is 23.4 Å². The molecular weight excluding hydrogens is 642 g/mol. The Morgan fingerprint density at radius 1 is 0.720 bits per heavy atom. The Kier molecular flexibility index (Phi) is 10.9. The zero-order valence-corrected chi connectivity index (χ0v) is 27.5. The van der Waals surface area contributed by atoms with E-state index in [0.29, 0.717) is 88.1 Å². The third kappa shape index (κ3) is 7.43. The van der Waals surface area contributed by atoms with Crippen LogP contribution in [0.5, 0.6) is 17.2 Å². The Bertz CT molecular complexity index is 1930. The summed E-state index contributed by atoms with van der Waals surface area (Å²) in [5.41, 5.74) is 6.16. The Hall–Kier alpha value is -5.40. The fourth-order valence-corrected chi connectivity index (χ4v) is 5.91. The maximum absolute atomic E-state index is 12.6. The van der Waals surface area contributed by atoms with Crippen LogP contribution in [0, 0.1) is 0 Å². The van der Waals surface area contributed by atoms with Gasteiger partial charge in [0.15, 0.2) is 17.3 Å². The van der Waals surface area contributed by atoms with E-state index in [0.717, 1.165) is 16.8 Å². The van der Waals surface area contributed by atoms with Crippen LogP contribution in [0.25, 0.3) is 22.6 Å². The fourth-order valence-electron chi connectivity index (χ4n) is 5.91. The largest absolute Gasteiger partial charge is 0.493 e. The van der Waals surface area contributed by atoms with Crippen LogP contribution in [0.2, 0.25) is 0 Å². The quantitative estimate of drug-likeness (QED) is 0.0813. The third-order valence-electron chi connectivity index (χ3n) is 8.58. The molecule has 0 saturated heterocycles. The molecule has 5 aromatic rings. The highest BCUT2D eigenvalue weighted by Gasteiger charge is 2.25. The molecule has 4 aromatic carbocycles. The molecule has 50 heavy (non-hydrogen) atoms. The lowest BCUT2D eigenvalue weighted by Gasteiger charge is -2.28. The number of hydrogen-bond donors (Lipinski definition) is 6. The first-order valence-corrected chi connectivity index (χ1v) is 16.2. The number of ether oxygens (including phenoxy) is 3. The monoisotopic (exact) mass is 681 g/mol. The van der Waals surface area contributed by atoms with Crippen LogP contribution < -0.4 is 24.8 Å². The number of para-hydroxylation sites is 1. The fraction of sp³-hybridized carbons (Fsp3) is 0.263. The molecule has 1 unspecified atom stereocenters. The predicted molar refractivity (Wildman–Crippen MR) is 185 cm³/mol. The van der Waals surface area contributed by atoms with Gasteiger partial charge in [-0.25, -0.2) is 0 Å². The van der Waals surface area contributed by atoms with E-state index in [2.05, 4.69) is 15.8 Å². The molecule has 1 aliphatic rings. The molecule has 260 valence electrons. The van der Waals surface area contributed by atoms with Gasteiger partial charge in [-0.05, 0) is 89.7 Å². The van der Waals surface area contributed by atoms with Crippen LogP contribution >= 0.6 is 0 Å². The molecule has 1 amide bonds. The summed E-state index contributed by atoms with van der Waals surface area (Å²) < 4.78 is 23.2.